The zero-order chi connectivity index (χ0) is 11.8. The summed E-state index contributed by atoms with van der Waals surface area (Å²) in [6.07, 6.45) is 6.88. The highest BCUT2D eigenvalue weighted by molar-refractivity contribution is 7.86. The third-order valence-corrected chi connectivity index (χ3v) is 6.23. The van der Waals surface area contributed by atoms with Crippen LogP contribution in [0.2, 0.25) is 0 Å². The number of fused-ring (bicyclic) bond motifs is 2. The van der Waals surface area contributed by atoms with Crippen LogP contribution in [0.3, 0.4) is 0 Å². The van der Waals surface area contributed by atoms with Crippen molar-refractivity contribution < 1.29 is 9.32 Å². The Labute approximate surface area is 101 Å². The summed E-state index contributed by atoms with van der Waals surface area (Å²) in [7, 11) is -0.657. The number of hydrogen-bond acceptors (Lipinski definition) is 2. The van der Waals surface area contributed by atoms with E-state index in [0.717, 1.165) is 38.5 Å². The van der Waals surface area contributed by atoms with Gasteiger partial charge in [-0.2, -0.15) is 0 Å². The highest BCUT2D eigenvalue weighted by Gasteiger charge is 2.44. The van der Waals surface area contributed by atoms with Crippen molar-refractivity contribution in [3.8, 4) is 0 Å². The highest BCUT2D eigenvalue weighted by atomic mass is 32.2. The van der Waals surface area contributed by atoms with E-state index in [9.17, 15) is 9.32 Å². The van der Waals surface area contributed by atoms with Crippen molar-refractivity contribution in [2.24, 2.45) is 5.92 Å². The van der Waals surface area contributed by atoms with E-state index in [0.29, 0.717) is 5.92 Å². The van der Waals surface area contributed by atoms with Crippen LogP contribution < -0.4 is 0 Å². The molecule has 3 heteroatoms. The summed E-state index contributed by atoms with van der Waals surface area (Å²) in [5, 5.41) is 11.2. The van der Waals surface area contributed by atoms with Crippen LogP contribution in [0.4, 0.5) is 0 Å². The summed E-state index contributed by atoms with van der Waals surface area (Å²) in [4.78, 5) is 0. The van der Waals surface area contributed by atoms with Gasteiger partial charge in [-0.3, -0.25) is 4.21 Å². The van der Waals surface area contributed by atoms with Crippen LogP contribution in [0, 0.1) is 5.92 Å². The van der Waals surface area contributed by atoms with Crippen molar-refractivity contribution in [3.05, 3.63) is 0 Å². The smallest absolute Gasteiger partial charge is 0.0670 e. The van der Waals surface area contributed by atoms with E-state index in [1.807, 2.05) is 0 Å². The molecule has 2 aliphatic rings. The molecule has 2 rings (SSSR count). The fourth-order valence-corrected chi connectivity index (χ4v) is 5.43. The molecular formula is C13H24O2S. The minimum atomic E-state index is -0.657. The molecule has 16 heavy (non-hydrogen) atoms. The van der Waals surface area contributed by atoms with Crippen LogP contribution in [0.5, 0.6) is 0 Å². The van der Waals surface area contributed by atoms with Gasteiger partial charge in [0.1, 0.15) is 0 Å². The van der Waals surface area contributed by atoms with Gasteiger partial charge in [-0.1, -0.05) is 20.3 Å². The average Bonchev–Trinajstić information content (AvgIpc) is 2.18. The molecule has 0 radical (unpaired) electrons. The summed E-state index contributed by atoms with van der Waals surface area (Å²) < 4.78 is 12.0. The Bertz CT molecular complexity index is 259. The quantitative estimate of drug-likeness (QED) is 0.828. The number of rotatable bonds is 3. The minimum absolute atomic E-state index is 0.282. The van der Waals surface area contributed by atoms with E-state index < -0.39 is 16.4 Å². The maximum atomic E-state index is 12.0. The molecule has 2 aliphatic heterocycles. The van der Waals surface area contributed by atoms with Gasteiger partial charge in [0.15, 0.2) is 0 Å². The Morgan fingerprint density at radius 3 is 2.38 bits per heavy atom. The first kappa shape index (κ1) is 12.6. The molecular weight excluding hydrogens is 220 g/mol. The molecule has 0 aliphatic carbocycles. The predicted octanol–water partition coefficient (Wildman–Crippen LogP) is 2.62. The molecule has 2 nitrogen and oxygen atoms in total. The lowest BCUT2D eigenvalue weighted by atomic mass is 9.81. The van der Waals surface area contributed by atoms with Gasteiger partial charge in [-0.15, -0.1) is 0 Å². The third-order valence-electron chi connectivity index (χ3n) is 4.11. The third kappa shape index (κ3) is 2.67. The van der Waals surface area contributed by atoms with Gasteiger partial charge >= 0.3 is 0 Å². The molecule has 0 aromatic heterocycles. The lowest BCUT2D eigenvalue weighted by Crippen LogP contribution is -2.49. The van der Waals surface area contributed by atoms with Crippen molar-refractivity contribution in [1.29, 1.82) is 0 Å². The molecule has 0 amide bonds. The molecule has 2 atom stereocenters. The Morgan fingerprint density at radius 2 is 1.88 bits per heavy atom. The van der Waals surface area contributed by atoms with Gasteiger partial charge in [0, 0.05) is 21.3 Å². The molecule has 0 aromatic rings. The highest BCUT2D eigenvalue weighted by Crippen LogP contribution is 2.41. The normalized spacial score (nSPS) is 43.6. The van der Waals surface area contributed by atoms with Gasteiger partial charge in [0.2, 0.25) is 0 Å². The summed E-state index contributed by atoms with van der Waals surface area (Å²) in [6, 6.07) is 0. The Hall–Kier alpha value is 0.110. The first-order chi connectivity index (χ1) is 7.50. The van der Waals surface area contributed by atoms with Gasteiger partial charge < -0.3 is 5.11 Å². The Balaban J connectivity index is 1.99. The monoisotopic (exact) mass is 244 g/mol. The van der Waals surface area contributed by atoms with Crippen LogP contribution >= 0.6 is 0 Å². The second-order valence-corrected chi connectivity index (χ2v) is 8.06. The SMILES string of the molecule is CC(C)CCC1(O)CC2CCCC(C1)S2=O. The maximum Gasteiger partial charge on any atom is 0.0670 e. The first-order valence-electron chi connectivity index (χ1n) is 6.62. The zero-order valence-corrected chi connectivity index (χ0v) is 11.3. The fraction of sp³-hybridized carbons (Fsp3) is 1.00. The predicted molar refractivity (Wildman–Crippen MR) is 67.8 cm³/mol. The largest absolute Gasteiger partial charge is 0.390 e. The summed E-state index contributed by atoms with van der Waals surface area (Å²) in [5.41, 5.74) is -0.506. The molecule has 1 N–H and O–H groups in total. The van der Waals surface area contributed by atoms with E-state index >= 15 is 0 Å². The topological polar surface area (TPSA) is 37.3 Å². The standard InChI is InChI=1S/C13H24O2S/c1-10(2)6-7-13(14)8-11-4-3-5-12(9-13)16(11)15/h10-12,14H,3-9H2,1-2H3. The summed E-state index contributed by atoms with van der Waals surface area (Å²) in [6.45, 7) is 4.40. The van der Waals surface area contributed by atoms with Crippen molar-refractivity contribution >= 4 is 10.8 Å². The Kier molecular flexibility index (Phi) is 3.75. The van der Waals surface area contributed by atoms with Crippen molar-refractivity contribution in [2.75, 3.05) is 0 Å². The van der Waals surface area contributed by atoms with Crippen molar-refractivity contribution in [2.45, 2.75) is 74.9 Å². The first-order valence-corrected chi connectivity index (χ1v) is 7.89. The van der Waals surface area contributed by atoms with Gasteiger partial charge in [-0.05, 0) is 44.4 Å². The van der Waals surface area contributed by atoms with E-state index in [1.165, 1.54) is 6.42 Å². The fourth-order valence-electron chi connectivity index (χ4n) is 3.14. The van der Waals surface area contributed by atoms with Crippen LogP contribution in [0.25, 0.3) is 0 Å². The van der Waals surface area contributed by atoms with Gasteiger partial charge in [0.05, 0.1) is 5.60 Å². The van der Waals surface area contributed by atoms with E-state index in [4.69, 9.17) is 0 Å². The lowest BCUT2D eigenvalue weighted by molar-refractivity contribution is -0.00127. The molecule has 0 aromatic carbocycles. The molecule has 2 fully saturated rings. The second-order valence-electron chi connectivity index (χ2n) is 6.07. The van der Waals surface area contributed by atoms with Crippen LogP contribution in [0.15, 0.2) is 0 Å². The molecule has 2 saturated heterocycles. The van der Waals surface area contributed by atoms with Crippen LogP contribution in [0.1, 0.15) is 58.8 Å². The van der Waals surface area contributed by atoms with E-state index in [-0.39, 0.29) is 10.5 Å². The molecule has 0 spiro atoms. The molecule has 2 heterocycles. The second kappa shape index (κ2) is 4.77. The zero-order valence-electron chi connectivity index (χ0n) is 10.4. The van der Waals surface area contributed by atoms with Crippen molar-refractivity contribution in [1.82, 2.24) is 0 Å². The van der Waals surface area contributed by atoms with Gasteiger partial charge in [0.25, 0.3) is 0 Å². The number of hydrogen-bond donors (Lipinski definition) is 1. The average molecular weight is 244 g/mol. The maximum absolute atomic E-state index is 12.0. The summed E-state index contributed by atoms with van der Waals surface area (Å²) in [5.74, 6) is 0.649. The molecule has 0 saturated carbocycles. The lowest BCUT2D eigenvalue weighted by Gasteiger charge is -2.43. The van der Waals surface area contributed by atoms with Gasteiger partial charge in [-0.25, -0.2) is 0 Å². The summed E-state index contributed by atoms with van der Waals surface area (Å²) >= 11 is 0. The minimum Gasteiger partial charge on any atom is -0.390 e. The molecule has 2 unspecified atom stereocenters. The molecule has 94 valence electrons. The number of aliphatic hydroxyl groups is 1. The Morgan fingerprint density at radius 1 is 1.31 bits per heavy atom. The van der Waals surface area contributed by atoms with Crippen molar-refractivity contribution in [3.63, 3.8) is 0 Å². The van der Waals surface area contributed by atoms with Crippen LogP contribution in [-0.2, 0) is 10.8 Å². The van der Waals surface area contributed by atoms with E-state index in [1.54, 1.807) is 0 Å². The van der Waals surface area contributed by atoms with Crippen LogP contribution in [-0.4, -0.2) is 25.4 Å². The molecule has 2 bridgehead atoms. The van der Waals surface area contributed by atoms with E-state index in [2.05, 4.69) is 13.8 Å².